The monoisotopic (exact) mass is 194 g/mol. The van der Waals surface area contributed by atoms with Gasteiger partial charge in [-0.15, -0.1) is 5.10 Å². The van der Waals surface area contributed by atoms with Gasteiger partial charge in [-0.25, -0.2) is 4.68 Å². The molecule has 0 saturated carbocycles. The quantitative estimate of drug-likeness (QED) is 0.775. The Morgan fingerprint density at radius 1 is 1.50 bits per heavy atom. The van der Waals surface area contributed by atoms with Crippen LogP contribution in [0.2, 0.25) is 0 Å². The lowest BCUT2D eigenvalue weighted by Crippen LogP contribution is -2.22. The minimum Gasteiger partial charge on any atom is -0.312 e. The minimum absolute atomic E-state index is 0.409. The third kappa shape index (κ3) is 1.43. The Morgan fingerprint density at radius 2 is 2.29 bits per heavy atom. The molecule has 1 aromatic rings. The van der Waals surface area contributed by atoms with Gasteiger partial charge in [-0.05, 0) is 40.2 Å². The highest BCUT2D eigenvalue weighted by atomic mass is 15.4. The average Bonchev–Trinajstić information content (AvgIpc) is 2.60. The van der Waals surface area contributed by atoms with E-state index in [4.69, 9.17) is 0 Å². The number of hydrogen-bond donors (Lipinski definition) is 1. The van der Waals surface area contributed by atoms with Crippen LogP contribution in [0, 0.1) is 0 Å². The molecular formula is C10H18N4. The van der Waals surface area contributed by atoms with Crippen LogP contribution in [0.5, 0.6) is 0 Å². The molecule has 1 heterocycles. The second-order valence-corrected chi connectivity index (χ2v) is 4.19. The van der Waals surface area contributed by atoms with Crippen LogP contribution in [-0.4, -0.2) is 22.0 Å². The lowest BCUT2D eigenvalue weighted by molar-refractivity contribution is 0.455. The van der Waals surface area contributed by atoms with Gasteiger partial charge in [-0.2, -0.15) is 0 Å². The van der Waals surface area contributed by atoms with Crippen LogP contribution in [0.25, 0.3) is 0 Å². The van der Waals surface area contributed by atoms with Gasteiger partial charge in [0, 0.05) is 6.04 Å². The molecule has 0 amide bonds. The normalized spacial score (nSPS) is 21.3. The third-order valence-electron chi connectivity index (χ3n) is 2.90. The summed E-state index contributed by atoms with van der Waals surface area (Å²) in [7, 11) is 1.99. The Kier molecular flexibility index (Phi) is 2.54. The van der Waals surface area contributed by atoms with Crippen molar-refractivity contribution in [2.24, 2.45) is 0 Å². The van der Waals surface area contributed by atoms with Crippen molar-refractivity contribution in [1.29, 1.82) is 0 Å². The molecule has 14 heavy (non-hydrogen) atoms. The first-order valence-corrected chi connectivity index (χ1v) is 5.35. The molecule has 1 atom stereocenters. The van der Waals surface area contributed by atoms with Crippen LogP contribution in [0.15, 0.2) is 0 Å². The van der Waals surface area contributed by atoms with Crippen LogP contribution < -0.4 is 5.32 Å². The topological polar surface area (TPSA) is 42.7 Å². The van der Waals surface area contributed by atoms with Crippen LogP contribution in [-0.2, 0) is 6.42 Å². The zero-order valence-corrected chi connectivity index (χ0v) is 9.12. The van der Waals surface area contributed by atoms with E-state index in [2.05, 4.69) is 34.2 Å². The Labute approximate surface area is 84.7 Å². The van der Waals surface area contributed by atoms with Crippen LogP contribution in [0.3, 0.4) is 0 Å². The van der Waals surface area contributed by atoms with Gasteiger partial charge in [0.05, 0.1) is 11.7 Å². The lowest BCUT2D eigenvalue weighted by atomic mass is 9.96. The van der Waals surface area contributed by atoms with Gasteiger partial charge in [0.15, 0.2) is 0 Å². The number of hydrogen-bond acceptors (Lipinski definition) is 3. The molecule has 0 bridgehead atoms. The van der Waals surface area contributed by atoms with E-state index >= 15 is 0 Å². The van der Waals surface area contributed by atoms with E-state index in [1.807, 2.05) is 7.05 Å². The third-order valence-corrected chi connectivity index (χ3v) is 2.90. The molecule has 1 aromatic heterocycles. The summed E-state index contributed by atoms with van der Waals surface area (Å²) >= 11 is 0. The molecule has 1 aliphatic carbocycles. The largest absolute Gasteiger partial charge is 0.312 e. The smallest absolute Gasteiger partial charge is 0.103 e. The average molecular weight is 194 g/mol. The van der Waals surface area contributed by atoms with Crippen molar-refractivity contribution in [3.05, 3.63) is 11.4 Å². The Balaban J connectivity index is 2.37. The highest BCUT2D eigenvalue weighted by Crippen LogP contribution is 2.28. The molecule has 1 unspecified atom stereocenters. The number of aromatic nitrogens is 3. The van der Waals surface area contributed by atoms with Crippen LogP contribution in [0.4, 0.5) is 0 Å². The molecule has 0 fully saturated rings. The van der Waals surface area contributed by atoms with E-state index in [0.717, 1.165) is 12.1 Å². The van der Waals surface area contributed by atoms with Crippen LogP contribution in [0.1, 0.15) is 50.2 Å². The molecule has 78 valence electrons. The van der Waals surface area contributed by atoms with E-state index in [1.165, 1.54) is 18.5 Å². The van der Waals surface area contributed by atoms with Crippen molar-refractivity contribution in [3.8, 4) is 0 Å². The number of rotatable bonds is 2. The van der Waals surface area contributed by atoms with Crippen molar-refractivity contribution >= 4 is 0 Å². The molecule has 0 aliphatic heterocycles. The maximum atomic E-state index is 4.28. The van der Waals surface area contributed by atoms with Crippen molar-refractivity contribution in [3.63, 3.8) is 0 Å². The fraction of sp³-hybridized carbons (Fsp3) is 0.800. The van der Waals surface area contributed by atoms with E-state index in [0.29, 0.717) is 12.1 Å². The van der Waals surface area contributed by atoms with Crippen LogP contribution >= 0.6 is 0 Å². The highest BCUT2D eigenvalue weighted by Gasteiger charge is 2.25. The molecule has 0 aromatic carbocycles. The molecule has 0 radical (unpaired) electrons. The number of nitrogens with zero attached hydrogens (tertiary/aromatic N) is 3. The fourth-order valence-corrected chi connectivity index (χ4v) is 2.15. The molecule has 0 spiro atoms. The summed E-state index contributed by atoms with van der Waals surface area (Å²) in [5, 5.41) is 11.8. The van der Waals surface area contributed by atoms with Gasteiger partial charge in [0.25, 0.3) is 0 Å². The second kappa shape index (κ2) is 3.69. The zero-order chi connectivity index (χ0) is 10.1. The van der Waals surface area contributed by atoms with Gasteiger partial charge in [0.1, 0.15) is 5.69 Å². The van der Waals surface area contributed by atoms with Gasteiger partial charge in [-0.3, -0.25) is 0 Å². The summed E-state index contributed by atoms with van der Waals surface area (Å²) in [4.78, 5) is 0. The fourth-order valence-electron chi connectivity index (χ4n) is 2.15. The summed E-state index contributed by atoms with van der Waals surface area (Å²) in [6, 6.07) is 0.827. The van der Waals surface area contributed by atoms with Gasteiger partial charge in [-0.1, -0.05) is 5.21 Å². The molecule has 4 nitrogen and oxygen atoms in total. The zero-order valence-electron chi connectivity index (χ0n) is 9.12. The highest BCUT2D eigenvalue weighted by molar-refractivity contribution is 5.18. The van der Waals surface area contributed by atoms with Gasteiger partial charge in [0.2, 0.25) is 0 Å². The SMILES string of the molecule is CNC1CCCc2c1nnn2C(C)C. The lowest BCUT2D eigenvalue weighted by Gasteiger charge is -2.21. The molecule has 1 N–H and O–H groups in total. The first-order chi connectivity index (χ1) is 6.74. The summed E-state index contributed by atoms with van der Waals surface area (Å²) < 4.78 is 2.05. The molecule has 2 rings (SSSR count). The molecular weight excluding hydrogens is 176 g/mol. The Hall–Kier alpha value is -0.900. The minimum atomic E-state index is 0.409. The van der Waals surface area contributed by atoms with Crippen molar-refractivity contribution in [2.75, 3.05) is 7.05 Å². The standard InChI is InChI=1S/C10H18N4/c1-7(2)14-9-6-4-5-8(11-3)10(9)12-13-14/h7-8,11H,4-6H2,1-3H3. The number of nitrogens with one attached hydrogen (secondary N) is 1. The summed E-state index contributed by atoms with van der Waals surface area (Å²) in [6.45, 7) is 4.30. The van der Waals surface area contributed by atoms with Crippen molar-refractivity contribution in [1.82, 2.24) is 20.3 Å². The predicted octanol–water partition coefficient (Wildman–Crippen LogP) is 1.46. The Morgan fingerprint density at radius 3 is 2.93 bits per heavy atom. The second-order valence-electron chi connectivity index (χ2n) is 4.19. The van der Waals surface area contributed by atoms with E-state index in [9.17, 15) is 0 Å². The van der Waals surface area contributed by atoms with E-state index in [1.54, 1.807) is 0 Å². The molecule has 1 aliphatic rings. The summed E-state index contributed by atoms with van der Waals surface area (Å²) in [5.74, 6) is 0. The maximum absolute atomic E-state index is 4.28. The van der Waals surface area contributed by atoms with Gasteiger partial charge < -0.3 is 5.32 Å². The summed E-state index contributed by atoms with van der Waals surface area (Å²) in [5.41, 5.74) is 2.48. The first-order valence-electron chi connectivity index (χ1n) is 5.35. The maximum Gasteiger partial charge on any atom is 0.103 e. The van der Waals surface area contributed by atoms with Crippen molar-refractivity contribution < 1.29 is 0 Å². The van der Waals surface area contributed by atoms with Crippen molar-refractivity contribution in [2.45, 2.75) is 45.2 Å². The van der Waals surface area contributed by atoms with Gasteiger partial charge >= 0.3 is 0 Å². The predicted molar refractivity (Wildman–Crippen MR) is 55.1 cm³/mol. The summed E-state index contributed by atoms with van der Waals surface area (Å²) in [6.07, 6.45) is 3.54. The van der Waals surface area contributed by atoms with E-state index < -0.39 is 0 Å². The first kappa shape index (κ1) is 9.65. The Bertz CT molecular complexity index is 316. The molecule has 0 saturated heterocycles. The molecule has 4 heteroatoms. The van der Waals surface area contributed by atoms with E-state index in [-0.39, 0.29) is 0 Å². The number of fused-ring (bicyclic) bond motifs is 1.